The maximum absolute atomic E-state index is 12.0. The summed E-state index contributed by atoms with van der Waals surface area (Å²) >= 11 is 0. The van der Waals surface area contributed by atoms with Crippen molar-refractivity contribution in [3.8, 4) is 0 Å². The first kappa shape index (κ1) is 15.7. The molecule has 0 saturated heterocycles. The lowest BCUT2D eigenvalue weighted by Crippen LogP contribution is -2.42. The van der Waals surface area contributed by atoms with Crippen LogP contribution in [0, 0.1) is 5.92 Å². The van der Waals surface area contributed by atoms with Crippen LogP contribution in [0.2, 0.25) is 0 Å². The second-order valence-corrected chi connectivity index (χ2v) is 7.38. The minimum absolute atomic E-state index is 0.0831. The van der Waals surface area contributed by atoms with Crippen molar-refractivity contribution < 1.29 is 19.1 Å². The van der Waals surface area contributed by atoms with Crippen LogP contribution in [-0.2, 0) is 9.36 Å². The van der Waals surface area contributed by atoms with E-state index in [1.807, 2.05) is 13.8 Å². The Bertz CT molecular complexity index is 320. The molecular weight excluding hydrogens is 253 g/mol. The number of hydrogen-bond acceptors (Lipinski definition) is 2. The summed E-state index contributed by atoms with van der Waals surface area (Å²) in [6.07, 6.45) is 5.40. The number of carbonyl (C=O) groups excluding carboxylic acids is 1. The van der Waals surface area contributed by atoms with Gasteiger partial charge in [-0.2, -0.15) is 0 Å². The highest BCUT2D eigenvalue weighted by Gasteiger charge is 2.36. The van der Waals surface area contributed by atoms with Crippen LogP contribution < -0.4 is 5.32 Å². The third-order valence-electron chi connectivity index (χ3n) is 3.35. The molecule has 1 saturated carbocycles. The molecule has 3 N–H and O–H groups in total. The van der Waals surface area contributed by atoms with Gasteiger partial charge in [-0.05, 0) is 25.2 Å². The second kappa shape index (κ2) is 6.69. The van der Waals surface area contributed by atoms with Crippen molar-refractivity contribution in [1.29, 1.82) is 0 Å². The second-order valence-electron chi connectivity index (χ2n) is 5.58. The average molecular weight is 277 g/mol. The average Bonchev–Trinajstić information content (AvgIpc) is 2.25. The SMILES string of the molecule is CC(C)CC(C(=O)NC1CCCCC1)P(=O)(O)O. The molecule has 1 rings (SSSR count). The molecule has 0 radical (unpaired) electrons. The van der Waals surface area contributed by atoms with Crippen LogP contribution in [0.15, 0.2) is 0 Å². The van der Waals surface area contributed by atoms with Gasteiger partial charge in [-0.15, -0.1) is 0 Å². The zero-order valence-electron chi connectivity index (χ0n) is 11.1. The molecule has 18 heavy (non-hydrogen) atoms. The first-order valence-corrected chi connectivity index (χ1v) is 8.34. The third-order valence-corrected chi connectivity index (χ3v) is 4.61. The molecule has 0 bridgehead atoms. The molecule has 1 unspecified atom stereocenters. The fourth-order valence-corrected chi connectivity index (χ4v) is 3.46. The Kier molecular flexibility index (Phi) is 5.83. The van der Waals surface area contributed by atoms with Crippen LogP contribution in [0.25, 0.3) is 0 Å². The molecular formula is C12H24NO4P. The van der Waals surface area contributed by atoms with E-state index >= 15 is 0 Å². The minimum atomic E-state index is -4.37. The van der Waals surface area contributed by atoms with Crippen molar-refractivity contribution in [2.45, 2.75) is 64.1 Å². The number of nitrogens with one attached hydrogen (secondary N) is 1. The van der Waals surface area contributed by atoms with Gasteiger partial charge in [-0.25, -0.2) is 0 Å². The first-order valence-electron chi connectivity index (χ1n) is 6.66. The van der Waals surface area contributed by atoms with E-state index in [1.54, 1.807) is 0 Å². The predicted octanol–water partition coefficient (Wildman–Crippen LogP) is 2.03. The molecule has 6 heteroatoms. The molecule has 5 nitrogen and oxygen atoms in total. The quantitative estimate of drug-likeness (QED) is 0.671. The summed E-state index contributed by atoms with van der Waals surface area (Å²) in [6, 6.07) is 0.0902. The third kappa shape index (κ3) is 5.09. The van der Waals surface area contributed by atoms with E-state index in [4.69, 9.17) is 0 Å². The zero-order chi connectivity index (χ0) is 13.8. The smallest absolute Gasteiger partial charge is 0.337 e. The number of amides is 1. The Morgan fingerprint density at radius 3 is 2.28 bits per heavy atom. The van der Waals surface area contributed by atoms with Gasteiger partial charge in [0.15, 0.2) is 0 Å². The van der Waals surface area contributed by atoms with Gasteiger partial charge in [-0.3, -0.25) is 9.36 Å². The summed E-state index contributed by atoms with van der Waals surface area (Å²) in [5.41, 5.74) is -1.19. The first-order chi connectivity index (χ1) is 8.30. The van der Waals surface area contributed by atoms with E-state index in [1.165, 1.54) is 6.42 Å². The zero-order valence-corrected chi connectivity index (χ0v) is 12.0. The number of carbonyl (C=O) groups is 1. The Balaban J connectivity index is 2.61. The van der Waals surface area contributed by atoms with Crippen LogP contribution in [0.5, 0.6) is 0 Å². The Morgan fingerprint density at radius 1 is 1.28 bits per heavy atom. The van der Waals surface area contributed by atoms with Gasteiger partial charge in [-0.1, -0.05) is 33.1 Å². The highest BCUT2D eigenvalue weighted by Crippen LogP contribution is 2.44. The van der Waals surface area contributed by atoms with Crippen LogP contribution in [0.4, 0.5) is 0 Å². The van der Waals surface area contributed by atoms with E-state index in [9.17, 15) is 19.1 Å². The summed E-state index contributed by atoms with van der Waals surface area (Å²) in [4.78, 5) is 30.5. The summed E-state index contributed by atoms with van der Waals surface area (Å²) in [6.45, 7) is 3.72. The van der Waals surface area contributed by atoms with Crippen LogP contribution in [-0.4, -0.2) is 27.4 Å². The lowest BCUT2D eigenvalue weighted by molar-refractivity contribution is -0.122. The summed E-state index contributed by atoms with van der Waals surface area (Å²) in [5, 5.41) is 2.80. The topological polar surface area (TPSA) is 86.6 Å². The van der Waals surface area contributed by atoms with Gasteiger partial charge in [0, 0.05) is 6.04 Å². The van der Waals surface area contributed by atoms with Crippen molar-refractivity contribution in [2.24, 2.45) is 5.92 Å². The number of hydrogen-bond donors (Lipinski definition) is 3. The highest BCUT2D eigenvalue weighted by atomic mass is 31.2. The molecule has 1 atom stereocenters. The molecule has 1 amide bonds. The molecule has 0 aliphatic heterocycles. The lowest BCUT2D eigenvalue weighted by Gasteiger charge is -2.26. The Morgan fingerprint density at radius 2 is 1.83 bits per heavy atom. The van der Waals surface area contributed by atoms with E-state index in [-0.39, 0.29) is 18.4 Å². The molecule has 0 spiro atoms. The fourth-order valence-electron chi connectivity index (χ4n) is 2.39. The predicted molar refractivity (Wildman–Crippen MR) is 70.3 cm³/mol. The summed E-state index contributed by atoms with van der Waals surface area (Å²) < 4.78 is 11.4. The molecule has 0 heterocycles. The van der Waals surface area contributed by atoms with Crippen molar-refractivity contribution in [3.63, 3.8) is 0 Å². The number of rotatable bonds is 5. The van der Waals surface area contributed by atoms with Gasteiger partial charge in [0.25, 0.3) is 0 Å². The molecule has 1 aliphatic carbocycles. The standard InChI is InChI=1S/C12H24NO4P/c1-9(2)8-11(18(15,16)17)12(14)13-10-6-4-3-5-7-10/h9-11H,3-8H2,1-2H3,(H,13,14)(H2,15,16,17). The van der Waals surface area contributed by atoms with E-state index in [0.29, 0.717) is 0 Å². The van der Waals surface area contributed by atoms with Crippen molar-refractivity contribution in [3.05, 3.63) is 0 Å². The lowest BCUT2D eigenvalue weighted by atomic mass is 9.95. The maximum atomic E-state index is 12.0. The molecule has 1 aliphatic rings. The summed E-state index contributed by atoms with van der Waals surface area (Å²) in [7, 11) is -4.37. The molecule has 106 valence electrons. The monoisotopic (exact) mass is 277 g/mol. The minimum Gasteiger partial charge on any atom is -0.353 e. The van der Waals surface area contributed by atoms with Crippen molar-refractivity contribution in [2.75, 3.05) is 0 Å². The maximum Gasteiger partial charge on any atom is 0.337 e. The molecule has 0 aromatic heterocycles. The largest absolute Gasteiger partial charge is 0.353 e. The van der Waals surface area contributed by atoms with Crippen molar-refractivity contribution >= 4 is 13.5 Å². The normalized spacial score (nSPS) is 19.8. The van der Waals surface area contributed by atoms with Gasteiger partial charge in [0.1, 0.15) is 5.66 Å². The molecule has 0 aromatic carbocycles. The van der Waals surface area contributed by atoms with Gasteiger partial charge in [0.05, 0.1) is 0 Å². The van der Waals surface area contributed by atoms with Crippen LogP contribution >= 0.6 is 7.60 Å². The van der Waals surface area contributed by atoms with Crippen LogP contribution in [0.3, 0.4) is 0 Å². The van der Waals surface area contributed by atoms with Gasteiger partial charge >= 0.3 is 7.60 Å². The van der Waals surface area contributed by atoms with Crippen molar-refractivity contribution in [1.82, 2.24) is 5.32 Å². The molecule has 1 fully saturated rings. The van der Waals surface area contributed by atoms with E-state index in [2.05, 4.69) is 5.32 Å². The molecule has 0 aromatic rings. The van der Waals surface area contributed by atoms with Gasteiger partial charge in [0.2, 0.25) is 5.91 Å². The van der Waals surface area contributed by atoms with Crippen LogP contribution in [0.1, 0.15) is 52.4 Å². The van der Waals surface area contributed by atoms with E-state index < -0.39 is 19.2 Å². The fraction of sp³-hybridized carbons (Fsp3) is 0.917. The Hall–Kier alpha value is -0.380. The van der Waals surface area contributed by atoms with Gasteiger partial charge < -0.3 is 15.1 Å². The van der Waals surface area contributed by atoms with E-state index in [0.717, 1.165) is 25.7 Å². The Labute approximate surface area is 109 Å². The highest BCUT2D eigenvalue weighted by molar-refractivity contribution is 7.53. The summed E-state index contributed by atoms with van der Waals surface area (Å²) in [5.74, 6) is -0.399.